The van der Waals surface area contributed by atoms with Crippen LogP contribution >= 0.6 is 24.2 Å². The van der Waals surface area contributed by atoms with E-state index in [2.05, 4.69) is 10.6 Å². The van der Waals surface area contributed by atoms with Gasteiger partial charge in [-0.25, -0.2) is 0 Å². The van der Waals surface area contributed by atoms with E-state index in [0.717, 1.165) is 23.5 Å². The van der Waals surface area contributed by atoms with E-state index in [4.69, 9.17) is 5.73 Å². The van der Waals surface area contributed by atoms with Crippen LogP contribution in [0.15, 0.2) is 23.1 Å². The number of thioether (sulfide) groups is 1. The van der Waals surface area contributed by atoms with E-state index in [1.807, 2.05) is 19.9 Å². The average molecular weight is 358 g/mol. The highest BCUT2D eigenvalue weighted by atomic mass is 35.5. The number of halogens is 1. The van der Waals surface area contributed by atoms with Gasteiger partial charge in [-0.1, -0.05) is 13.8 Å². The number of amides is 2. The lowest BCUT2D eigenvalue weighted by atomic mass is 9.94. The molecule has 1 aliphatic rings. The van der Waals surface area contributed by atoms with Crippen LogP contribution < -0.4 is 16.4 Å². The normalized spacial score (nSPS) is 14.1. The van der Waals surface area contributed by atoms with Crippen molar-refractivity contribution in [2.75, 3.05) is 17.6 Å². The number of carbonyl (C=O) groups is 2. The molecule has 1 aromatic rings. The largest absolute Gasteiger partial charge is 0.350 e. The molecule has 2 amide bonds. The molecule has 0 bridgehead atoms. The first-order valence-electron chi connectivity index (χ1n) is 7.61. The second kappa shape index (κ2) is 8.57. The molecule has 1 aliphatic heterocycles. The zero-order valence-electron chi connectivity index (χ0n) is 13.5. The third-order valence-corrected chi connectivity index (χ3v) is 5.19. The second-order valence-electron chi connectivity index (χ2n) is 5.61. The maximum atomic E-state index is 12.3. The maximum absolute atomic E-state index is 12.3. The van der Waals surface area contributed by atoms with Crippen LogP contribution in [-0.2, 0) is 4.79 Å². The number of carbonyl (C=O) groups excluding carboxylic acids is 2. The molecule has 7 heteroatoms. The molecule has 0 unspecified atom stereocenters. The van der Waals surface area contributed by atoms with Gasteiger partial charge in [-0.2, -0.15) is 0 Å². The highest BCUT2D eigenvalue weighted by molar-refractivity contribution is 7.99. The van der Waals surface area contributed by atoms with Crippen LogP contribution in [0.2, 0.25) is 0 Å². The molecular weight excluding hydrogens is 334 g/mol. The summed E-state index contributed by atoms with van der Waals surface area (Å²) in [4.78, 5) is 24.9. The minimum atomic E-state index is -0.370. The number of rotatable bonds is 5. The molecule has 2 rings (SSSR count). The van der Waals surface area contributed by atoms with Gasteiger partial charge < -0.3 is 16.4 Å². The molecule has 0 aromatic heterocycles. The zero-order chi connectivity index (χ0) is 16.2. The number of hydrogen-bond donors (Lipinski definition) is 3. The van der Waals surface area contributed by atoms with Gasteiger partial charge in [-0.05, 0) is 31.0 Å². The predicted octanol–water partition coefficient (Wildman–Crippen LogP) is 2.79. The lowest BCUT2D eigenvalue weighted by Crippen LogP contribution is -2.49. The van der Waals surface area contributed by atoms with Crippen molar-refractivity contribution in [3.8, 4) is 0 Å². The summed E-state index contributed by atoms with van der Waals surface area (Å²) in [5, 5.41) is 5.74. The number of benzene rings is 1. The summed E-state index contributed by atoms with van der Waals surface area (Å²) in [7, 11) is 0. The standard InChI is InChI=1S/C16H23N3O2S.ClH/c1-3-16(17,4-2)10-18-15(21)11-5-6-13-12(9-11)19-14(20)7-8-22-13;/h5-6,9H,3-4,7-8,10,17H2,1-2H3,(H,18,21)(H,19,20);1H. The molecule has 23 heavy (non-hydrogen) atoms. The van der Waals surface area contributed by atoms with Crippen LogP contribution in [0.3, 0.4) is 0 Å². The molecule has 0 spiro atoms. The number of nitrogens with one attached hydrogen (secondary N) is 2. The van der Waals surface area contributed by atoms with Crippen LogP contribution in [0.4, 0.5) is 5.69 Å². The first-order valence-corrected chi connectivity index (χ1v) is 8.60. The summed E-state index contributed by atoms with van der Waals surface area (Å²) in [6, 6.07) is 5.40. The van der Waals surface area contributed by atoms with E-state index in [1.54, 1.807) is 23.9 Å². The van der Waals surface area contributed by atoms with Crippen LogP contribution in [-0.4, -0.2) is 29.7 Å². The molecule has 0 fully saturated rings. The second-order valence-corrected chi connectivity index (χ2v) is 6.75. The van der Waals surface area contributed by atoms with Crippen molar-refractivity contribution < 1.29 is 9.59 Å². The summed E-state index contributed by atoms with van der Waals surface area (Å²) in [6.07, 6.45) is 2.10. The van der Waals surface area contributed by atoms with E-state index in [1.165, 1.54) is 0 Å². The van der Waals surface area contributed by atoms with Crippen LogP contribution in [0.25, 0.3) is 0 Å². The summed E-state index contributed by atoms with van der Waals surface area (Å²) in [6.45, 7) is 4.48. The van der Waals surface area contributed by atoms with E-state index < -0.39 is 0 Å². The van der Waals surface area contributed by atoms with Crippen molar-refractivity contribution in [2.45, 2.75) is 43.5 Å². The fourth-order valence-electron chi connectivity index (χ4n) is 2.22. The third-order valence-electron chi connectivity index (χ3n) is 4.11. The molecule has 1 heterocycles. The molecule has 0 saturated carbocycles. The van der Waals surface area contributed by atoms with Gasteiger partial charge in [0.25, 0.3) is 5.91 Å². The number of hydrogen-bond acceptors (Lipinski definition) is 4. The average Bonchev–Trinajstić information content (AvgIpc) is 2.72. The van der Waals surface area contributed by atoms with Gasteiger partial charge >= 0.3 is 0 Å². The number of anilines is 1. The van der Waals surface area contributed by atoms with E-state index >= 15 is 0 Å². The summed E-state index contributed by atoms with van der Waals surface area (Å²) in [5.74, 6) is 0.581. The Morgan fingerprint density at radius 1 is 1.39 bits per heavy atom. The molecule has 0 atom stereocenters. The third kappa shape index (κ3) is 5.12. The van der Waals surface area contributed by atoms with Crippen molar-refractivity contribution in [2.24, 2.45) is 5.73 Å². The number of fused-ring (bicyclic) bond motifs is 1. The first kappa shape index (κ1) is 19.8. The topological polar surface area (TPSA) is 84.2 Å². The Kier molecular flexibility index (Phi) is 7.38. The quantitative estimate of drug-likeness (QED) is 0.756. The highest BCUT2D eigenvalue weighted by Crippen LogP contribution is 2.31. The van der Waals surface area contributed by atoms with Crippen LogP contribution in [0, 0.1) is 0 Å². The predicted molar refractivity (Wildman–Crippen MR) is 97.5 cm³/mol. The highest BCUT2D eigenvalue weighted by Gasteiger charge is 2.22. The van der Waals surface area contributed by atoms with Crippen LogP contribution in [0.5, 0.6) is 0 Å². The SMILES string of the molecule is CCC(N)(CC)CNC(=O)c1ccc2c(c1)NC(=O)CCS2.Cl. The molecule has 5 nitrogen and oxygen atoms in total. The molecule has 1 aromatic carbocycles. The van der Waals surface area contributed by atoms with Crippen LogP contribution in [0.1, 0.15) is 43.5 Å². The van der Waals surface area contributed by atoms with E-state index in [9.17, 15) is 9.59 Å². The Morgan fingerprint density at radius 2 is 2.09 bits per heavy atom. The summed E-state index contributed by atoms with van der Waals surface area (Å²) >= 11 is 1.62. The number of nitrogens with two attached hydrogens (primary N) is 1. The first-order chi connectivity index (χ1) is 10.5. The van der Waals surface area contributed by atoms with E-state index in [0.29, 0.717) is 24.2 Å². The van der Waals surface area contributed by atoms with Gasteiger partial charge in [0.2, 0.25) is 5.91 Å². The Labute approximate surface area is 147 Å². The molecule has 0 aliphatic carbocycles. The Hall–Kier alpha value is -1.24. The minimum absolute atomic E-state index is 0. The Balaban J connectivity index is 0.00000264. The van der Waals surface area contributed by atoms with Gasteiger partial charge in [0, 0.05) is 34.7 Å². The van der Waals surface area contributed by atoms with Gasteiger partial charge in [0.1, 0.15) is 0 Å². The Morgan fingerprint density at radius 3 is 2.74 bits per heavy atom. The fourth-order valence-corrected chi connectivity index (χ4v) is 3.16. The smallest absolute Gasteiger partial charge is 0.251 e. The lowest BCUT2D eigenvalue weighted by molar-refractivity contribution is -0.115. The maximum Gasteiger partial charge on any atom is 0.251 e. The monoisotopic (exact) mass is 357 g/mol. The lowest BCUT2D eigenvalue weighted by Gasteiger charge is -2.26. The van der Waals surface area contributed by atoms with Gasteiger partial charge in [-0.3, -0.25) is 9.59 Å². The molecule has 128 valence electrons. The van der Waals surface area contributed by atoms with Crippen molar-refractivity contribution in [1.82, 2.24) is 5.32 Å². The van der Waals surface area contributed by atoms with Crippen molar-refractivity contribution >= 4 is 41.7 Å². The van der Waals surface area contributed by atoms with Gasteiger partial charge in [-0.15, -0.1) is 24.2 Å². The van der Waals surface area contributed by atoms with Crippen molar-refractivity contribution in [1.29, 1.82) is 0 Å². The fraction of sp³-hybridized carbons (Fsp3) is 0.500. The molecule has 4 N–H and O–H groups in total. The molecule has 0 radical (unpaired) electrons. The van der Waals surface area contributed by atoms with E-state index in [-0.39, 0.29) is 29.8 Å². The van der Waals surface area contributed by atoms with Crippen molar-refractivity contribution in [3.63, 3.8) is 0 Å². The molecular formula is C16H24ClN3O2S. The zero-order valence-corrected chi connectivity index (χ0v) is 15.1. The van der Waals surface area contributed by atoms with Gasteiger partial charge in [0.05, 0.1) is 5.69 Å². The Bertz CT molecular complexity index is 576. The summed E-state index contributed by atoms with van der Waals surface area (Å²) < 4.78 is 0. The van der Waals surface area contributed by atoms with Crippen molar-refractivity contribution in [3.05, 3.63) is 23.8 Å². The minimum Gasteiger partial charge on any atom is -0.350 e. The van der Waals surface area contributed by atoms with Gasteiger partial charge in [0.15, 0.2) is 0 Å². The summed E-state index contributed by atoms with van der Waals surface area (Å²) in [5.41, 5.74) is 7.08. The molecule has 0 saturated heterocycles.